The summed E-state index contributed by atoms with van der Waals surface area (Å²) in [5.74, 6) is 0.740. The highest BCUT2D eigenvalue weighted by Gasteiger charge is 2.31. The van der Waals surface area contributed by atoms with Crippen molar-refractivity contribution >= 4 is 29.2 Å². The smallest absolute Gasteiger partial charge is 0.342 e. The maximum absolute atomic E-state index is 12.9. The Hall–Kier alpha value is -2.86. The van der Waals surface area contributed by atoms with Gasteiger partial charge in [0.1, 0.15) is 17.1 Å². The zero-order chi connectivity index (χ0) is 22.2. The summed E-state index contributed by atoms with van der Waals surface area (Å²) in [6.07, 6.45) is 7.88. The average Bonchev–Trinajstić information content (AvgIpc) is 3.51. The Balaban J connectivity index is 1.56. The molecule has 6 nitrogen and oxygen atoms in total. The van der Waals surface area contributed by atoms with Gasteiger partial charge in [0.15, 0.2) is 0 Å². The number of esters is 1. The van der Waals surface area contributed by atoms with Crippen molar-refractivity contribution in [3.63, 3.8) is 0 Å². The van der Waals surface area contributed by atoms with Crippen molar-refractivity contribution in [2.45, 2.75) is 58.4 Å². The number of nitrogens with one attached hydrogen (secondary N) is 1. The summed E-state index contributed by atoms with van der Waals surface area (Å²) in [5, 5.41) is 2.96. The van der Waals surface area contributed by atoms with E-state index in [1.54, 1.807) is 13.0 Å². The van der Waals surface area contributed by atoms with Crippen molar-refractivity contribution in [2.75, 3.05) is 25.0 Å². The topological polar surface area (TPSA) is 71.8 Å². The van der Waals surface area contributed by atoms with Crippen LogP contribution in [0.3, 0.4) is 0 Å². The highest BCUT2D eigenvalue weighted by atomic mass is 16.5. The van der Waals surface area contributed by atoms with Crippen LogP contribution >= 0.6 is 0 Å². The van der Waals surface area contributed by atoms with Crippen LogP contribution in [-0.4, -0.2) is 36.5 Å². The number of rotatable bonds is 5. The minimum absolute atomic E-state index is 0.171. The first-order chi connectivity index (χ1) is 15.6. The molecule has 1 saturated heterocycles. The van der Waals surface area contributed by atoms with Crippen LogP contribution in [0.2, 0.25) is 0 Å². The Kier molecular flexibility index (Phi) is 5.64. The zero-order valence-corrected chi connectivity index (χ0v) is 18.8. The van der Waals surface area contributed by atoms with Crippen molar-refractivity contribution < 1.29 is 18.7 Å². The summed E-state index contributed by atoms with van der Waals surface area (Å²) >= 11 is 0. The molecule has 6 heteroatoms. The van der Waals surface area contributed by atoms with Crippen LogP contribution in [0.5, 0.6) is 0 Å². The number of fused-ring (bicyclic) bond motifs is 2. The van der Waals surface area contributed by atoms with Gasteiger partial charge in [-0.1, -0.05) is 6.07 Å². The van der Waals surface area contributed by atoms with E-state index >= 15 is 0 Å². The Bertz CT molecular complexity index is 1090. The van der Waals surface area contributed by atoms with Gasteiger partial charge in [-0.15, -0.1) is 0 Å². The summed E-state index contributed by atoms with van der Waals surface area (Å²) < 4.78 is 11.5. The highest BCUT2D eigenvalue weighted by molar-refractivity contribution is 6.35. The number of benzene rings is 1. The summed E-state index contributed by atoms with van der Waals surface area (Å²) in [6.45, 7) is 6.54. The second kappa shape index (κ2) is 8.58. The predicted molar refractivity (Wildman–Crippen MR) is 123 cm³/mol. The molecule has 168 valence electrons. The molecule has 1 amide bonds. The number of anilines is 1. The number of nitrogens with zero attached hydrogens (tertiary/aromatic N) is 1. The Labute approximate surface area is 188 Å². The Morgan fingerprint density at radius 1 is 1.22 bits per heavy atom. The summed E-state index contributed by atoms with van der Waals surface area (Å²) in [4.78, 5) is 28.1. The molecule has 1 unspecified atom stereocenters. The fourth-order valence-corrected chi connectivity index (χ4v) is 5.20. The first-order valence-electron chi connectivity index (χ1n) is 11.8. The molecule has 3 aliphatic rings. The molecule has 32 heavy (non-hydrogen) atoms. The lowest BCUT2D eigenvalue weighted by molar-refractivity contribution is -0.110. The molecule has 1 fully saturated rings. The fourth-order valence-electron chi connectivity index (χ4n) is 5.20. The molecule has 0 bridgehead atoms. The maximum Gasteiger partial charge on any atom is 0.342 e. The second-order valence-electron chi connectivity index (χ2n) is 8.91. The van der Waals surface area contributed by atoms with Gasteiger partial charge in [-0.2, -0.15) is 0 Å². The van der Waals surface area contributed by atoms with Gasteiger partial charge >= 0.3 is 5.97 Å². The van der Waals surface area contributed by atoms with Crippen LogP contribution in [0.25, 0.3) is 11.6 Å². The van der Waals surface area contributed by atoms with E-state index in [0.717, 1.165) is 61.3 Å². The molecule has 1 aliphatic carbocycles. The minimum Gasteiger partial charge on any atom is -0.462 e. The van der Waals surface area contributed by atoms with E-state index in [4.69, 9.17) is 9.15 Å². The van der Waals surface area contributed by atoms with Gasteiger partial charge < -0.3 is 14.5 Å². The Morgan fingerprint density at radius 3 is 2.78 bits per heavy atom. The zero-order valence-electron chi connectivity index (χ0n) is 18.8. The van der Waals surface area contributed by atoms with E-state index in [2.05, 4.69) is 29.3 Å². The van der Waals surface area contributed by atoms with E-state index in [1.807, 2.05) is 6.07 Å². The molecule has 1 N–H and O–H groups in total. The van der Waals surface area contributed by atoms with Crippen molar-refractivity contribution in [2.24, 2.45) is 0 Å². The third-order valence-corrected chi connectivity index (χ3v) is 6.95. The molecule has 2 aromatic rings. The molecule has 1 aromatic heterocycles. The number of carbonyl (C=O) groups is 2. The lowest BCUT2D eigenvalue weighted by Gasteiger charge is -2.24. The third-order valence-electron chi connectivity index (χ3n) is 6.95. The van der Waals surface area contributed by atoms with Crippen LogP contribution in [0.1, 0.15) is 84.1 Å². The van der Waals surface area contributed by atoms with Crippen LogP contribution in [0.15, 0.2) is 22.6 Å². The molecular formula is C26H30N2O4. The summed E-state index contributed by atoms with van der Waals surface area (Å²) in [6, 6.07) is 6.48. The minimum atomic E-state index is -0.374. The van der Waals surface area contributed by atoms with Crippen LogP contribution < -0.4 is 5.32 Å². The summed E-state index contributed by atoms with van der Waals surface area (Å²) in [7, 11) is 0. The van der Waals surface area contributed by atoms with Gasteiger partial charge in [-0.3, -0.25) is 9.69 Å². The SMILES string of the molecule is CCOC(=O)c1c(C=C2C(=O)Nc3ccc(C(C)N4CCCC4)cc32)oc2c1CCCC2. The van der Waals surface area contributed by atoms with E-state index in [0.29, 0.717) is 29.5 Å². The third kappa shape index (κ3) is 3.66. The molecule has 1 atom stereocenters. The molecule has 0 saturated carbocycles. The number of carbonyl (C=O) groups excluding carboxylic acids is 2. The number of ether oxygens (including phenoxy) is 1. The van der Waals surface area contributed by atoms with Crippen LogP contribution in [0.4, 0.5) is 5.69 Å². The predicted octanol–water partition coefficient (Wildman–Crippen LogP) is 4.98. The molecule has 1 aromatic carbocycles. The van der Waals surface area contributed by atoms with E-state index in [9.17, 15) is 9.59 Å². The van der Waals surface area contributed by atoms with Gasteiger partial charge in [-0.25, -0.2) is 4.79 Å². The lowest BCUT2D eigenvalue weighted by Crippen LogP contribution is -2.23. The number of hydrogen-bond acceptors (Lipinski definition) is 5. The quantitative estimate of drug-likeness (QED) is 0.531. The summed E-state index contributed by atoms with van der Waals surface area (Å²) in [5.41, 5.74) is 4.81. The molecule has 3 heterocycles. The molecule has 0 radical (unpaired) electrons. The van der Waals surface area contributed by atoms with Crippen LogP contribution in [-0.2, 0) is 22.4 Å². The first kappa shape index (κ1) is 21.0. The van der Waals surface area contributed by atoms with E-state index in [1.165, 1.54) is 18.4 Å². The standard InChI is InChI=1S/C26H30N2O4/c1-3-31-26(30)24-18-8-4-5-9-22(18)32-23(24)15-20-19-14-17(10-11-21(19)27-25(20)29)16(2)28-12-6-7-13-28/h10-11,14-16H,3-9,12-13H2,1-2H3,(H,27,29). The fraction of sp³-hybridized carbons (Fsp3) is 0.462. The van der Waals surface area contributed by atoms with Gasteiger partial charge in [0.2, 0.25) is 0 Å². The maximum atomic E-state index is 12.9. The van der Waals surface area contributed by atoms with Crippen molar-refractivity contribution in [3.8, 4) is 0 Å². The number of amides is 1. The molecule has 5 rings (SSSR count). The number of aryl methyl sites for hydroxylation is 1. The molecule has 0 spiro atoms. The van der Waals surface area contributed by atoms with Crippen molar-refractivity contribution in [3.05, 3.63) is 52.0 Å². The van der Waals surface area contributed by atoms with Crippen LogP contribution in [0, 0.1) is 0 Å². The number of hydrogen-bond donors (Lipinski definition) is 1. The first-order valence-corrected chi connectivity index (χ1v) is 11.8. The van der Waals surface area contributed by atoms with Gasteiger partial charge in [-0.05, 0) is 82.8 Å². The van der Waals surface area contributed by atoms with Crippen molar-refractivity contribution in [1.82, 2.24) is 4.90 Å². The van der Waals surface area contributed by atoms with Gasteiger partial charge in [0, 0.05) is 29.3 Å². The van der Waals surface area contributed by atoms with E-state index < -0.39 is 0 Å². The van der Waals surface area contributed by atoms with Crippen molar-refractivity contribution in [1.29, 1.82) is 0 Å². The normalized spacial score (nSPS) is 20.2. The molecule has 2 aliphatic heterocycles. The molecular weight excluding hydrogens is 404 g/mol. The number of likely N-dealkylation sites (tertiary alicyclic amines) is 1. The average molecular weight is 435 g/mol. The lowest BCUT2D eigenvalue weighted by atomic mass is 9.94. The monoisotopic (exact) mass is 434 g/mol. The second-order valence-corrected chi connectivity index (χ2v) is 8.91. The van der Waals surface area contributed by atoms with Gasteiger partial charge in [0.25, 0.3) is 5.91 Å². The highest BCUT2D eigenvalue weighted by Crippen LogP contribution is 2.38. The number of furan rings is 1. The van der Waals surface area contributed by atoms with Gasteiger partial charge in [0.05, 0.1) is 12.2 Å². The largest absolute Gasteiger partial charge is 0.462 e. The Morgan fingerprint density at radius 2 is 2.00 bits per heavy atom. The van der Waals surface area contributed by atoms with E-state index in [-0.39, 0.29) is 11.9 Å².